The van der Waals surface area contributed by atoms with Gasteiger partial charge in [0.1, 0.15) is 16.8 Å². The normalized spacial score (nSPS) is 18.3. The summed E-state index contributed by atoms with van der Waals surface area (Å²) in [6.07, 6.45) is 0.564. The van der Waals surface area contributed by atoms with Crippen LogP contribution in [0.4, 0.5) is 0 Å². The van der Waals surface area contributed by atoms with Gasteiger partial charge in [0, 0.05) is 12.1 Å². The van der Waals surface area contributed by atoms with Gasteiger partial charge in [-0.2, -0.15) is 0 Å². The van der Waals surface area contributed by atoms with Crippen LogP contribution in [0.1, 0.15) is 23.7 Å². The van der Waals surface area contributed by atoms with Crippen LogP contribution >= 0.6 is 12.2 Å². The molecular weight excluding hydrogens is 288 g/mol. The molecule has 0 saturated carbocycles. The molecule has 1 fully saturated rings. The van der Waals surface area contributed by atoms with E-state index in [-0.39, 0.29) is 17.0 Å². The second-order valence-corrected chi connectivity index (χ2v) is 5.36. The number of rotatable bonds is 5. The molecule has 0 bridgehead atoms. The van der Waals surface area contributed by atoms with Crippen LogP contribution in [0.5, 0.6) is 5.75 Å². The van der Waals surface area contributed by atoms with Crippen molar-refractivity contribution in [1.82, 2.24) is 4.90 Å². The first-order valence-corrected chi connectivity index (χ1v) is 7.45. The maximum Gasteiger partial charge on any atom is 0.254 e. The Hall–Kier alpha value is -1.66. The average molecular weight is 308 g/mol. The molecule has 21 heavy (non-hydrogen) atoms. The van der Waals surface area contributed by atoms with Gasteiger partial charge in [0.15, 0.2) is 0 Å². The molecule has 1 aromatic carbocycles. The Kier molecular flexibility index (Phi) is 5.52. The van der Waals surface area contributed by atoms with Crippen molar-refractivity contribution in [3.05, 3.63) is 29.8 Å². The van der Waals surface area contributed by atoms with E-state index >= 15 is 0 Å². The van der Waals surface area contributed by atoms with Crippen LogP contribution in [0.3, 0.4) is 0 Å². The average Bonchev–Trinajstić information content (AvgIpc) is 2.52. The SMILES string of the molecule is CCCOc1cccc(C(=O)N2CCOC(C(N)=S)C2)c1. The van der Waals surface area contributed by atoms with Gasteiger partial charge in [-0.3, -0.25) is 4.79 Å². The molecular formula is C15H20N2O3S. The number of nitrogens with zero attached hydrogens (tertiary/aromatic N) is 1. The maximum absolute atomic E-state index is 12.5. The van der Waals surface area contributed by atoms with E-state index in [1.165, 1.54) is 0 Å². The van der Waals surface area contributed by atoms with E-state index in [2.05, 4.69) is 0 Å². The van der Waals surface area contributed by atoms with E-state index in [9.17, 15) is 4.79 Å². The number of thiocarbonyl (C=S) groups is 1. The third-order valence-corrected chi connectivity index (χ3v) is 3.49. The van der Waals surface area contributed by atoms with Crippen LogP contribution in [0.2, 0.25) is 0 Å². The molecule has 0 aromatic heterocycles. The summed E-state index contributed by atoms with van der Waals surface area (Å²) in [5.74, 6) is 0.656. The van der Waals surface area contributed by atoms with Gasteiger partial charge in [0.2, 0.25) is 0 Å². The Morgan fingerprint density at radius 2 is 2.38 bits per heavy atom. The largest absolute Gasteiger partial charge is 0.494 e. The van der Waals surface area contributed by atoms with Gasteiger partial charge < -0.3 is 20.1 Å². The fourth-order valence-corrected chi connectivity index (χ4v) is 2.27. The fraction of sp³-hybridized carbons (Fsp3) is 0.467. The lowest BCUT2D eigenvalue weighted by atomic mass is 10.1. The van der Waals surface area contributed by atoms with Crippen LogP contribution < -0.4 is 10.5 Å². The molecule has 1 atom stereocenters. The van der Waals surface area contributed by atoms with Crippen LogP contribution in [-0.2, 0) is 4.74 Å². The van der Waals surface area contributed by atoms with Crippen LogP contribution in [0.15, 0.2) is 24.3 Å². The van der Waals surface area contributed by atoms with Gasteiger partial charge in [-0.05, 0) is 24.6 Å². The summed E-state index contributed by atoms with van der Waals surface area (Å²) in [5, 5.41) is 0. The van der Waals surface area contributed by atoms with Crippen molar-refractivity contribution in [1.29, 1.82) is 0 Å². The minimum absolute atomic E-state index is 0.0542. The molecule has 0 radical (unpaired) electrons. The highest BCUT2D eigenvalue weighted by Gasteiger charge is 2.26. The first-order valence-electron chi connectivity index (χ1n) is 7.05. The molecule has 1 aliphatic heterocycles. The lowest BCUT2D eigenvalue weighted by Gasteiger charge is -2.32. The second kappa shape index (κ2) is 7.38. The summed E-state index contributed by atoms with van der Waals surface area (Å²) in [6.45, 7) is 4.06. The van der Waals surface area contributed by atoms with E-state index in [4.69, 9.17) is 27.4 Å². The van der Waals surface area contributed by atoms with Crippen molar-refractivity contribution >= 4 is 23.1 Å². The molecule has 1 amide bonds. The van der Waals surface area contributed by atoms with E-state index < -0.39 is 0 Å². The number of benzene rings is 1. The lowest BCUT2D eigenvalue weighted by molar-refractivity contribution is 0.00877. The van der Waals surface area contributed by atoms with E-state index in [0.717, 1.165) is 6.42 Å². The highest BCUT2D eigenvalue weighted by molar-refractivity contribution is 7.80. The third-order valence-electron chi connectivity index (χ3n) is 3.22. The van der Waals surface area contributed by atoms with Crippen molar-refractivity contribution in [2.24, 2.45) is 5.73 Å². The van der Waals surface area contributed by atoms with Gasteiger partial charge >= 0.3 is 0 Å². The molecule has 6 heteroatoms. The number of nitrogens with two attached hydrogens (primary N) is 1. The second-order valence-electron chi connectivity index (χ2n) is 4.89. The molecule has 1 heterocycles. The Labute approximate surface area is 130 Å². The van der Waals surface area contributed by atoms with E-state index in [0.29, 0.717) is 37.6 Å². The number of carbonyl (C=O) groups is 1. The molecule has 114 valence electrons. The zero-order valence-corrected chi connectivity index (χ0v) is 12.9. The summed E-state index contributed by atoms with van der Waals surface area (Å²) in [4.78, 5) is 14.5. The van der Waals surface area contributed by atoms with Gasteiger partial charge in [0.05, 0.1) is 19.8 Å². The number of morpholine rings is 1. The first kappa shape index (κ1) is 15.7. The Morgan fingerprint density at radius 1 is 1.57 bits per heavy atom. The van der Waals surface area contributed by atoms with Crippen molar-refractivity contribution in [2.45, 2.75) is 19.4 Å². The van der Waals surface area contributed by atoms with Crippen molar-refractivity contribution in [2.75, 3.05) is 26.3 Å². The Balaban J connectivity index is 2.06. The maximum atomic E-state index is 12.5. The minimum atomic E-state index is -0.364. The number of hydrogen-bond donors (Lipinski definition) is 1. The number of amides is 1. The molecule has 1 aliphatic rings. The summed E-state index contributed by atoms with van der Waals surface area (Å²) in [5.41, 5.74) is 6.20. The molecule has 5 nitrogen and oxygen atoms in total. The van der Waals surface area contributed by atoms with Gasteiger partial charge in [-0.1, -0.05) is 25.2 Å². The molecule has 0 aliphatic carbocycles. The van der Waals surface area contributed by atoms with E-state index in [1.807, 2.05) is 19.1 Å². The van der Waals surface area contributed by atoms with Crippen LogP contribution in [0, 0.1) is 0 Å². The lowest BCUT2D eigenvalue weighted by Crippen LogP contribution is -2.49. The fourth-order valence-electron chi connectivity index (χ4n) is 2.13. The van der Waals surface area contributed by atoms with E-state index in [1.54, 1.807) is 17.0 Å². The summed E-state index contributed by atoms with van der Waals surface area (Å²) >= 11 is 4.94. The highest BCUT2D eigenvalue weighted by atomic mass is 32.1. The zero-order valence-electron chi connectivity index (χ0n) is 12.1. The van der Waals surface area contributed by atoms with Gasteiger partial charge in [-0.15, -0.1) is 0 Å². The minimum Gasteiger partial charge on any atom is -0.494 e. The van der Waals surface area contributed by atoms with Crippen molar-refractivity contribution in [3.8, 4) is 5.75 Å². The predicted molar refractivity (Wildman–Crippen MR) is 84.7 cm³/mol. The smallest absolute Gasteiger partial charge is 0.254 e. The molecule has 1 unspecified atom stereocenters. The van der Waals surface area contributed by atoms with Crippen molar-refractivity contribution < 1.29 is 14.3 Å². The van der Waals surface area contributed by atoms with Crippen LogP contribution in [0.25, 0.3) is 0 Å². The quantitative estimate of drug-likeness (QED) is 0.837. The zero-order chi connectivity index (χ0) is 15.2. The summed E-state index contributed by atoms with van der Waals surface area (Å²) in [6, 6.07) is 7.23. The van der Waals surface area contributed by atoms with Crippen LogP contribution in [-0.4, -0.2) is 48.2 Å². The number of carbonyl (C=O) groups excluding carboxylic acids is 1. The van der Waals surface area contributed by atoms with Crippen molar-refractivity contribution in [3.63, 3.8) is 0 Å². The molecule has 1 aromatic rings. The first-order chi connectivity index (χ1) is 10.1. The van der Waals surface area contributed by atoms with Gasteiger partial charge in [0.25, 0.3) is 5.91 Å². The summed E-state index contributed by atoms with van der Waals surface area (Å²) in [7, 11) is 0. The highest BCUT2D eigenvalue weighted by Crippen LogP contribution is 2.17. The standard InChI is InChI=1S/C15H20N2O3S/c1-2-7-19-12-5-3-4-11(9-12)15(18)17-6-8-20-13(10-17)14(16)21/h3-5,9,13H,2,6-8,10H2,1H3,(H2,16,21). The molecule has 1 saturated heterocycles. The Bertz CT molecular complexity index is 521. The Morgan fingerprint density at radius 3 is 3.10 bits per heavy atom. The van der Waals surface area contributed by atoms with Gasteiger partial charge in [-0.25, -0.2) is 0 Å². The predicted octanol–water partition coefficient (Wildman–Crippen LogP) is 1.60. The molecule has 0 spiro atoms. The molecule has 2 rings (SSSR count). The number of ether oxygens (including phenoxy) is 2. The summed E-state index contributed by atoms with van der Waals surface area (Å²) < 4.78 is 11.0. The topological polar surface area (TPSA) is 64.8 Å². The number of hydrogen-bond acceptors (Lipinski definition) is 4. The third kappa shape index (κ3) is 4.15. The monoisotopic (exact) mass is 308 g/mol. The molecule has 2 N–H and O–H groups in total.